The van der Waals surface area contributed by atoms with Crippen molar-refractivity contribution in [1.82, 2.24) is 4.90 Å². The van der Waals surface area contributed by atoms with Crippen molar-refractivity contribution in [2.45, 2.75) is 51.9 Å². The van der Waals surface area contributed by atoms with Gasteiger partial charge < -0.3 is 9.64 Å². The van der Waals surface area contributed by atoms with E-state index in [4.69, 9.17) is 0 Å². The molecule has 0 spiro atoms. The topological polar surface area (TPSA) is 29.5 Å². The molecule has 0 saturated carbocycles. The van der Waals surface area contributed by atoms with Crippen LogP contribution in [0.25, 0.3) is 0 Å². The third-order valence-electron chi connectivity index (χ3n) is 2.58. The SMILES string of the molecule is C=CC(=O)OC.CCCCCCCCCN(C)C. The molecule has 3 nitrogen and oxygen atoms in total. The van der Waals surface area contributed by atoms with Crippen LogP contribution in [0.5, 0.6) is 0 Å². The molecular weight excluding hydrogens is 226 g/mol. The molecule has 0 aromatic carbocycles. The van der Waals surface area contributed by atoms with E-state index in [1.807, 2.05) is 0 Å². The van der Waals surface area contributed by atoms with Gasteiger partial charge in [0.15, 0.2) is 0 Å². The lowest BCUT2D eigenvalue weighted by atomic mass is 10.1. The highest BCUT2D eigenvalue weighted by Crippen LogP contribution is 2.06. The highest BCUT2D eigenvalue weighted by atomic mass is 16.5. The molecule has 0 saturated heterocycles. The van der Waals surface area contributed by atoms with E-state index in [1.54, 1.807) is 0 Å². The average Bonchev–Trinajstić information content (AvgIpc) is 2.37. The zero-order valence-corrected chi connectivity index (χ0v) is 12.7. The molecule has 0 heterocycles. The maximum atomic E-state index is 9.84. The van der Waals surface area contributed by atoms with Crippen LogP contribution < -0.4 is 0 Å². The van der Waals surface area contributed by atoms with Crippen LogP contribution in [0.4, 0.5) is 0 Å². The fraction of sp³-hybridized carbons (Fsp3) is 0.800. The van der Waals surface area contributed by atoms with Crippen LogP contribution in [-0.4, -0.2) is 38.6 Å². The Bertz CT molecular complexity index is 191. The van der Waals surface area contributed by atoms with Gasteiger partial charge in [-0.1, -0.05) is 52.0 Å². The number of unbranched alkanes of at least 4 members (excludes halogenated alkanes) is 6. The molecule has 0 atom stereocenters. The lowest BCUT2D eigenvalue weighted by Gasteiger charge is -2.08. The smallest absolute Gasteiger partial charge is 0.329 e. The predicted molar refractivity (Wildman–Crippen MR) is 78.8 cm³/mol. The molecule has 0 fully saturated rings. The minimum Gasteiger partial charge on any atom is -0.466 e. The maximum Gasteiger partial charge on any atom is 0.329 e. The second kappa shape index (κ2) is 16.2. The first kappa shape index (κ1) is 19.5. The van der Waals surface area contributed by atoms with E-state index in [0.29, 0.717) is 0 Å². The Kier molecular flexibility index (Phi) is 17.5. The summed E-state index contributed by atoms with van der Waals surface area (Å²) < 4.78 is 4.14. The molecule has 0 unspecified atom stereocenters. The van der Waals surface area contributed by atoms with Crippen molar-refractivity contribution in [3.05, 3.63) is 12.7 Å². The maximum absolute atomic E-state index is 9.84. The Balaban J connectivity index is 0. The summed E-state index contributed by atoms with van der Waals surface area (Å²) in [4.78, 5) is 12.1. The third kappa shape index (κ3) is 20.6. The molecule has 0 rings (SSSR count). The van der Waals surface area contributed by atoms with E-state index in [9.17, 15) is 4.79 Å². The molecule has 0 aliphatic carbocycles. The first-order chi connectivity index (χ1) is 8.58. The number of ether oxygens (including phenoxy) is 1. The van der Waals surface area contributed by atoms with Crippen LogP contribution in [0.15, 0.2) is 12.7 Å². The highest BCUT2D eigenvalue weighted by Gasteiger charge is 1.91. The van der Waals surface area contributed by atoms with Gasteiger partial charge in [0.1, 0.15) is 0 Å². The van der Waals surface area contributed by atoms with E-state index in [0.717, 1.165) is 6.08 Å². The van der Waals surface area contributed by atoms with Gasteiger partial charge >= 0.3 is 5.97 Å². The van der Waals surface area contributed by atoms with E-state index >= 15 is 0 Å². The van der Waals surface area contributed by atoms with Crippen molar-refractivity contribution in [3.63, 3.8) is 0 Å². The van der Waals surface area contributed by atoms with Gasteiger partial charge in [0.2, 0.25) is 0 Å². The first-order valence-electron chi connectivity index (χ1n) is 6.93. The van der Waals surface area contributed by atoms with Gasteiger partial charge in [0.25, 0.3) is 0 Å². The molecule has 0 aromatic rings. The van der Waals surface area contributed by atoms with Crippen LogP contribution in [0.1, 0.15) is 51.9 Å². The minimum absolute atomic E-state index is 0.394. The number of rotatable bonds is 9. The number of carbonyl (C=O) groups is 1. The van der Waals surface area contributed by atoms with Crippen molar-refractivity contribution in [2.24, 2.45) is 0 Å². The first-order valence-corrected chi connectivity index (χ1v) is 6.93. The molecular formula is C15H31NO2. The van der Waals surface area contributed by atoms with Gasteiger partial charge in [-0.15, -0.1) is 0 Å². The summed E-state index contributed by atoms with van der Waals surface area (Å²) in [5.41, 5.74) is 0. The Morgan fingerprint density at radius 3 is 1.94 bits per heavy atom. The monoisotopic (exact) mass is 257 g/mol. The van der Waals surface area contributed by atoms with Crippen molar-refractivity contribution < 1.29 is 9.53 Å². The molecule has 0 aliphatic rings. The van der Waals surface area contributed by atoms with Gasteiger partial charge in [0.05, 0.1) is 7.11 Å². The van der Waals surface area contributed by atoms with Gasteiger partial charge in [-0.3, -0.25) is 0 Å². The van der Waals surface area contributed by atoms with Gasteiger partial charge in [-0.2, -0.15) is 0 Å². The number of esters is 1. The molecule has 3 heteroatoms. The lowest BCUT2D eigenvalue weighted by Crippen LogP contribution is -2.12. The Hall–Kier alpha value is -0.830. The van der Waals surface area contributed by atoms with Crippen LogP contribution in [-0.2, 0) is 9.53 Å². The highest BCUT2D eigenvalue weighted by molar-refractivity contribution is 5.80. The van der Waals surface area contributed by atoms with E-state index < -0.39 is 5.97 Å². The van der Waals surface area contributed by atoms with Gasteiger partial charge in [0, 0.05) is 6.08 Å². The quantitative estimate of drug-likeness (QED) is 0.359. The van der Waals surface area contributed by atoms with Crippen LogP contribution in [0, 0.1) is 0 Å². The average molecular weight is 257 g/mol. The fourth-order valence-corrected chi connectivity index (χ4v) is 1.47. The molecule has 18 heavy (non-hydrogen) atoms. The third-order valence-corrected chi connectivity index (χ3v) is 2.58. The summed E-state index contributed by atoms with van der Waals surface area (Å²) in [6.45, 7) is 6.68. The van der Waals surface area contributed by atoms with Crippen LogP contribution in [0.2, 0.25) is 0 Å². The molecule has 0 radical (unpaired) electrons. The fourth-order valence-electron chi connectivity index (χ4n) is 1.47. The molecule has 108 valence electrons. The summed E-state index contributed by atoms with van der Waals surface area (Å²) in [6.07, 6.45) is 11.0. The predicted octanol–water partition coefficient (Wildman–Crippen LogP) is 3.64. The second-order valence-corrected chi connectivity index (χ2v) is 4.65. The zero-order valence-electron chi connectivity index (χ0n) is 12.7. The van der Waals surface area contributed by atoms with Gasteiger partial charge in [-0.25, -0.2) is 4.79 Å². The molecule has 0 N–H and O–H groups in total. The second-order valence-electron chi connectivity index (χ2n) is 4.65. The number of nitrogens with zero attached hydrogens (tertiary/aromatic N) is 1. The normalized spacial score (nSPS) is 9.61. The summed E-state index contributed by atoms with van der Waals surface area (Å²) >= 11 is 0. The number of hydrogen-bond acceptors (Lipinski definition) is 3. The van der Waals surface area contributed by atoms with E-state index in [2.05, 4.69) is 37.2 Å². The summed E-state index contributed by atoms with van der Waals surface area (Å²) in [5, 5.41) is 0. The number of hydrogen-bond donors (Lipinski definition) is 0. The largest absolute Gasteiger partial charge is 0.466 e. The molecule has 0 aliphatic heterocycles. The van der Waals surface area contributed by atoms with Crippen LogP contribution >= 0.6 is 0 Å². The van der Waals surface area contributed by atoms with Crippen molar-refractivity contribution in [3.8, 4) is 0 Å². The zero-order chi connectivity index (χ0) is 14.2. The van der Waals surface area contributed by atoms with Crippen molar-refractivity contribution >= 4 is 5.97 Å². The molecule has 0 amide bonds. The van der Waals surface area contributed by atoms with E-state index in [1.165, 1.54) is 58.6 Å². The Morgan fingerprint density at radius 2 is 1.61 bits per heavy atom. The number of methoxy groups -OCH3 is 1. The van der Waals surface area contributed by atoms with Crippen molar-refractivity contribution in [2.75, 3.05) is 27.7 Å². The van der Waals surface area contributed by atoms with Crippen molar-refractivity contribution in [1.29, 1.82) is 0 Å². The minimum atomic E-state index is -0.394. The summed E-state index contributed by atoms with van der Waals surface area (Å²) in [7, 11) is 5.61. The van der Waals surface area contributed by atoms with E-state index in [-0.39, 0.29) is 0 Å². The Morgan fingerprint density at radius 1 is 1.11 bits per heavy atom. The molecule has 0 aromatic heterocycles. The van der Waals surface area contributed by atoms with Crippen LogP contribution in [0.3, 0.4) is 0 Å². The summed E-state index contributed by atoms with van der Waals surface area (Å²) in [6, 6.07) is 0. The lowest BCUT2D eigenvalue weighted by molar-refractivity contribution is -0.134. The molecule has 0 bridgehead atoms. The standard InChI is InChI=1S/C11H25N.C4H6O2/c1-4-5-6-7-8-9-10-11-12(2)3;1-3-4(5)6-2/h4-11H2,1-3H3;3H,1H2,2H3. The van der Waals surface area contributed by atoms with Gasteiger partial charge in [-0.05, 0) is 27.1 Å². The summed E-state index contributed by atoms with van der Waals surface area (Å²) in [5.74, 6) is -0.394. The number of carbonyl (C=O) groups excluding carboxylic acids is 1. The Labute approximate surface area is 113 Å².